The molecule has 116 valence electrons. The van der Waals surface area contributed by atoms with E-state index in [1.807, 2.05) is 0 Å². The number of hydrogen-bond acceptors (Lipinski definition) is 4. The van der Waals surface area contributed by atoms with Crippen molar-refractivity contribution in [3.8, 4) is 5.75 Å². The summed E-state index contributed by atoms with van der Waals surface area (Å²) >= 11 is 0. The summed E-state index contributed by atoms with van der Waals surface area (Å²) in [7, 11) is 0. The zero-order valence-corrected chi connectivity index (χ0v) is 13.2. The maximum absolute atomic E-state index is 11.8. The Balaban J connectivity index is 2.78. The number of phenolic OH excluding ortho intramolecular Hbond substituents is 1. The molecule has 0 unspecified atom stereocenters. The highest BCUT2D eigenvalue weighted by molar-refractivity contribution is 5.85. The molecular formula is C17H25NO3. The summed E-state index contributed by atoms with van der Waals surface area (Å²) in [6, 6.07) is 6.10. The number of nitrogens with one attached hydrogen (secondary N) is 1. The van der Waals surface area contributed by atoms with E-state index in [2.05, 4.69) is 19.2 Å². The summed E-state index contributed by atoms with van der Waals surface area (Å²) in [5.74, 6) is 0.652. The maximum Gasteiger partial charge on any atom is 0.147 e. The van der Waals surface area contributed by atoms with E-state index in [0.717, 1.165) is 5.56 Å². The molecule has 0 saturated heterocycles. The van der Waals surface area contributed by atoms with E-state index in [1.54, 1.807) is 31.2 Å². The quantitative estimate of drug-likeness (QED) is 0.772. The van der Waals surface area contributed by atoms with Crippen molar-refractivity contribution in [3.05, 3.63) is 29.8 Å². The number of carbonyl (C=O) groups is 2. The summed E-state index contributed by atoms with van der Waals surface area (Å²) in [5.41, 5.74) is 0.951. The molecule has 4 heteroatoms. The largest absolute Gasteiger partial charge is 0.508 e. The molecule has 0 aromatic heterocycles. The maximum atomic E-state index is 11.8. The van der Waals surface area contributed by atoms with Crippen LogP contribution in [0.2, 0.25) is 0 Å². The van der Waals surface area contributed by atoms with Crippen molar-refractivity contribution in [1.29, 1.82) is 0 Å². The fourth-order valence-corrected chi connectivity index (χ4v) is 2.25. The third-order valence-electron chi connectivity index (χ3n) is 3.47. The van der Waals surface area contributed by atoms with Gasteiger partial charge in [0.2, 0.25) is 0 Å². The van der Waals surface area contributed by atoms with Crippen LogP contribution in [0.25, 0.3) is 0 Å². The van der Waals surface area contributed by atoms with Gasteiger partial charge in [-0.15, -0.1) is 0 Å². The van der Waals surface area contributed by atoms with Gasteiger partial charge in [0.1, 0.15) is 17.3 Å². The number of aromatic hydroxyl groups is 1. The van der Waals surface area contributed by atoms with Crippen molar-refractivity contribution in [2.45, 2.75) is 52.6 Å². The van der Waals surface area contributed by atoms with Crippen LogP contribution in [-0.4, -0.2) is 28.8 Å². The molecule has 0 fully saturated rings. The molecule has 0 spiro atoms. The first-order valence-corrected chi connectivity index (χ1v) is 7.34. The SMILES string of the molecule is CC(=O)[C@H](Cc1ccc(O)cc1)N[C@@H](CC(C)C)C(C)=O. The first-order valence-electron chi connectivity index (χ1n) is 7.34. The lowest BCUT2D eigenvalue weighted by molar-refractivity contribution is -0.121. The van der Waals surface area contributed by atoms with Crippen molar-refractivity contribution in [2.75, 3.05) is 0 Å². The monoisotopic (exact) mass is 291 g/mol. The van der Waals surface area contributed by atoms with E-state index in [0.29, 0.717) is 18.8 Å². The zero-order valence-electron chi connectivity index (χ0n) is 13.2. The first kappa shape index (κ1) is 17.4. The first-order chi connectivity index (χ1) is 9.79. The number of ketones is 2. The third-order valence-corrected chi connectivity index (χ3v) is 3.47. The van der Waals surface area contributed by atoms with Crippen LogP contribution >= 0.6 is 0 Å². The Morgan fingerprint density at radius 3 is 2.00 bits per heavy atom. The molecule has 4 nitrogen and oxygen atoms in total. The Bertz CT molecular complexity index is 479. The van der Waals surface area contributed by atoms with E-state index >= 15 is 0 Å². The van der Waals surface area contributed by atoms with Gasteiger partial charge in [-0.25, -0.2) is 0 Å². The minimum absolute atomic E-state index is 0.0121. The number of carbonyl (C=O) groups excluding carboxylic acids is 2. The summed E-state index contributed by atoms with van der Waals surface area (Å²) in [5, 5.41) is 12.5. The van der Waals surface area contributed by atoms with Crippen LogP contribution in [0.5, 0.6) is 5.75 Å². The van der Waals surface area contributed by atoms with Crippen molar-refractivity contribution >= 4 is 11.6 Å². The summed E-state index contributed by atoms with van der Waals surface area (Å²) in [6.45, 7) is 7.20. The summed E-state index contributed by atoms with van der Waals surface area (Å²) in [6.07, 6.45) is 1.23. The standard InChI is InChI=1S/C17H25NO3/c1-11(2)9-16(12(3)19)18-17(13(4)20)10-14-5-7-15(21)8-6-14/h5-8,11,16-18,21H,9-10H2,1-4H3/t16-,17-/m0/s1. The molecule has 0 amide bonds. The number of benzene rings is 1. The smallest absolute Gasteiger partial charge is 0.147 e. The van der Waals surface area contributed by atoms with Gasteiger partial charge in [0.05, 0.1) is 12.1 Å². The minimum Gasteiger partial charge on any atom is -0.508 e. The van der Waals surface area contributed by atoms with Crippen LogP contribution < -0.4 is 5.32 Å². The summed E-state index contributed by atoms with van der Waals surface area (Å²) in [4.78, 5) is 23.6. The van der Waals surface area contributed by atoms with E-state index in [-0.39, 0.29) is 29.4 Å². The van der Waals surface area contributed by atoms with Crippen molar-refractivity contribution < 1.29 is 14.7 Å². The number of hydrogen-bond donors (Lipinski definition) is 2. The Hall–Kier alpha value is -1.68. The lowest BCUT2D eigenvalue weighted by atomic mass is 9.97. The van der Waals surface area contributed by atoms with Gasteiger partial charge < -0.3 is 5.11 Å². The predicted octanol–water partition coefficient (Wildman–Crippen LogP) is 2.49. The molecule has 1 aromatic rings. The van der Waals surface area contributed by atoms with Crippen LogP contribution in [0.1, 0.15) is 39.7 Å². The molecule has 0 aliphatic carbocycles. The molecule has 0 bridgehead atoms. The van der Waals surface area contributed by atoms with E-state index < -0.39 is 0 Å². The molecule has 0 heterocycles. The fraction of sp³-hybridized carbons (Fsp3) is 0.529. The summed E-state index contributed by atoms with van der Waals surface area (Å²) < 4.78 is 0. The number of Topliss-reactive ketones (excluding diaryl/α,β-unsaturated/α-hetero) is 2. The normalized spacial score (nSPS) is 14.0. The van der Waals surface area contributed by atoms with Crippen LogP contribution in [0, 0.1) is 5.92 Å². The molecule has 0 saturated carbocycles. The average molecular weight is 291 g/mol. The van der Waals surface area contributed by atoms with Gasteiger partial charge in [0.15, 0.2) is 0 Å². The lowest BCUT2D eigenvalue weighted by Gasteiger charge is -2.24. The molecular weight excluding hydrogens is 266 g/mol. The van der Waals surface area contributed by atoms with E-state index in [4.69, 9.17) is 0 Å². The average Bonchev–Trinajstić information content (AvgIpc) is 2.38. The Kier molecular flexibility index (Phi) is 6.56. The number of phenols is 1. The van der Waals surface area contributed by atoms with Gasteiger partial charge in [-0.1, -0.05) is 26.0 Å². The van der Waals surface area contributed by atoms with Crippen LogP contribution in [0.4, 0.5) is 0 Å². The number of rotatable bonds is 8. The van der Waals surface area contributed by atoms with Crippen molar-refractivity contribution in [3.63, 3.8) is 0 Å². The minimum atomic E-state index is -0.387. The van der Waals surface area contributed by atoms with Gasteiger partial charge in [-0.05, 0) is 50.3 Å². The predicted molar refractivity (Wildman–Crippen MR) is 83.3 cm³/mol. The third kappa shape index (κ3) is 6.08. The molecule has 0 radical (unpaired) electrons. The lowest BCUT2D eigenvalue weighted by Crippen LogP contribution is -2.47. The second-order valence-corrected chi connectivity index (χ2v) is 5.99. The Morgan fingerprint density at radius 2 is 1.57 bits per heavy atom. The van der Waals surface area contributed by atoms with E-state index in [1.165, 1.54) is 6.92 Å². The highest BCUT2D eigenvalue weighted by atomic mass is 16.3. The zero-order chi connectivity index (χ0) is 16.0. The Labute approximate surface area is 126 Å². The van der Waals surface area contributed by atoms with Gasteiger partial charge in [-0.2, -0.15) is 0 Å². The molecule has 1 aromatic carbocycles. The fourth-order valence-electron chi connectivity index (χ4n) is 2.25. The van der Waals surface area contributed by atoms with E-state index in [9.17, 15) is 14.7 Å². The second kappa shape index (κ2) is 7.93. The van der Waals surface area contributed by atoms with Crippen molar-refractivity contribution in [2.24, 2.45) is 5.92 Å². The van der Waals surface area contributed by atoms with Gasteiger partial charge in [0.25, 0.3) is 0 Å². The highest BCUT2D eigenvalue weighted by Gasteiger charge is 2.23. The van der Waals surface area contributed by atoms with Crippen LogP contribution in [0.3, 0.4) is 0 Å². The van der Waals surface area contributed by atoms with Crippen molar-refractivity contribution in [1.82, 2.24) is 5.32 Å². The Morgan fingerprint density at radius 1 is 1.05 bits per heavy atom. The molecule has 2 atom stereocenters. The van der Waals surface area contributed by atoms with Gasteiger partial charge >= 0.3 is 0 Å². The molecule has 0 aliphatic rings. The molecule has 2 N–H and O–H groups in total. The molecule has 21 heavy (non-hydrogen) atoms. The molecule has 0 aliphatic heterocycles. The topological polar surface area (TPSA) is 66.4 Å². The van der Waals surface area contributed by atoms with Gasteiger partial charge in [0, 0.05) is 0 Å². The highest BCUT2D eigenvalue weighted by Crippen LogP contribution is 2.13. The molecule has 1 rings (SSSR count). The van der Waals surface area contributed by atoms with Crippen LogP contribution in [0.15, 0.2) is 24.3 Å². The van der Waals surface area contributed by atoms with Gasteiger partial charge in [-0.3, -0.25) is 14.9 Å². The second-order valence-electron chi connectivity index (χ2n) is 5.99. The van der Waals surface area contributed by atoms with Crippen LogP contribution in [-0.2, 0) is 16.0 Å².